The van der Waals surface area contributed by atoms with Gasteiger partial charge in [0.05, 0.1) is 10.2 Å². The highest BCUT2D eigenvalue weighted by Crippen LogP contribution is 2.38. The van der Waals surface area contributed by atoms with Crippen LogP contribution in [0.4, 0.5) is 4.39 Å². The molecule has 0 saturated carbocycles. The molecule has 138 valence electrons. The van der Waals surface area contributed by atoms with Crippen molar-refractivity contribution in [3.8, 4) is 0 Å². The summed E-state index contributed by atoms with van der Waals surface area (Å²) in [5, 5.41) is 0. The van der Waals surface area contributed by atoms with Crippen LogP contribution in [0.2, 0.25) is 0 Å². The van der Waals surface area contributed by atoms with E-state index in [0.717, 1.165) is 35.1 Å². The molecule has 1 aliphatic heterocycles. The van der Waals surface area contributed by atoms with Crippen molar-refractivity contribution in [2.24, 2.45) is 5.92 Å². The number of hydrogen-bond acceptors (Lipinski definition) is 4. The molecule has 4 rings (SSSR count). The molecule has 6 heteroatoms. The molecule has 0 radical (unpaired) electrons. The van der Waals surface area contributed by atoms with Gasteiger partial charge in [-0.25, -0.2) is 9.37 Å². The van der Waals surface area contributed by atoms with Crippen molar-refractivity contribution in [2.75, 3.05) is 25.9 Å². The van der Waals surface area contributed by atoms with E-state index in [9.17, 15) is 4.39 Å². The average Bonchev–Trinajstić information content (AvgIpc) is 3.04. The van der Waals surface area contributed by atoms with Crippen LogP contribution in [0.5, 0.6) is 0 Å². The highest BCUT2D eigenvalue weighted by Gasteiger charge is 2.29. The summed E-state index contributed by atoms with van der Waals surface area (Å²) in [5.74, 6) is 1.95. The number of hydrogen-bond donors (Lipinski definition) is 0. The first kappa shape index (κ1) is 19.6. The van der Waals surface area contributed by atoms with E-state index in [0.29, 0.717) is 11.8 Å². The first-order valence-corrected chi connectivity index (χ1v) is 10.4. The minimum absolute atomic E-state index is 0. The Balaban J connectivity index is 0.00000196. The van der Waals surface area contributed by atoms with E-state index in [-0.39, 0.29) is 18.2 Å². The van der Waals surface area contributed by atoms with Gasteiger partial charge in [0.15, 0.2) is 4.34 Å². The predicted molar refractivity (Wildman–Crippen MR) is 112 cm³/mol. The van der Waals surface area contributed by atoms with Crippen molar-refractivity contribution in [1.29, 1.82) is 0 Å². The summed E-state index contributed by atoms with van der Waals surface area (Å²) >= 11 is 3.64. The summed E-state index contributed by atoms with van der Waals surface area (Å²) < 4.78 is 15.7. The van der Waals surface area contributed by atoms with E-state index in [2.05, 4.69) is 30.1 Å². The van der Waals surface area contributed by atoms with E-state index in [1.165, 1.54) is 10.3 Å². The van der Waals surface area contributed by atoms with Gasteiger partial charge in [-0.2, -0.15) is 0 Å². The number of benzene rings is 2. The third kappa shape index (κ3) is 4.39. The molecule has 1 fully saturated rings. The van der Waals surface area contributed by atoms with Crippen LogP contribution in [0.1, 0.15) is 17.9 Å². The van der Waals surface area contributed by atoms with Crippen LogP contribution in [0, 0.1) is 11.7 Å². The van der Waals surface area contributed by atoms with Crippen LogP contribution in [0.15, 0.2) is 52.9 Å². The van der Waals surface area contributed by atoms with Crippen molar-refractivity contribution in [1.82, 2.24) is 9.88 Å². The normalized spacial score (nSPS) is 20.8. The molecule has 1 aromatic heterocycles. The molecule has 2 atom stereocenters. The van der Waals surface area contributed by atoms with Gasteiger partial charge in [-0.05, 0) is 61.7 Å². The van der Waals surface area contributed by atoms with Crippen molar-refractivity contribution in [3.05, 3.63) is 59.9 Å². The molecule has 0 N–H and O–H groups in total. The lowest BCUT2D eigenvalue weighted by Crippen LogP contribution is -2.38. The number of likely N-dealkylation sites (tertiary alicyclic amines) is 1. The number of nitrogens with zero attached hydrogens (tertiary/aromatic N) is 2. The van der Waals surface area contributed by atoms with E-state index in [1.54, 1.807) is 23.5 Å². The molecule has 2 aromatic carbocycles. The standard InChI is InChI=1S/C20H21FN2S2.ClH/c1-23-11-10-17(14-6-8-16(21)9-7-14)15(12-23)13-24-20-22-18-4-2-3-5-19(18)25-20;/h2-9,15,17H,10-13H2,1H3;1H/t15-,17-;/m0./s1. The van der Waals surface area contributed by atoms with Crippen LogP contribution >= 0.6 is 35.5 Å². The lowest BCUT2D eigenvalue weighted by Gasteiger charge is -2.37. The fourth-order valence-electron chi connectivity index (χ4n) is 3.62. The molecule has 0 bridgehead atoms. The number of para-hydroxylation sites is 1. The molecule has 2 nitrogen and oxygen atoms in total. The summed E-state index contributed by atoms with van der Waals surface area (Å²) in [5.41, 5.74) is 2.36. The quantitative estimate of drug-likeness (QED) is 0.516. The number of fused-ring (bicyclic) bond motifs is 1. The summed E-state index contributed by atoms with van der Waals surface area (Å²) in [4.78, 5) is 7.15. The molecule has 26 heavy (non-hydrogen) atoms. The molecule has 3 aromatic rings. The zero-order chi connectivity index (χ0) is 17.2. The third-order valence-corrected chi connectivity index (χ3v) is 7.30. The van der Waals surface area contributed by atoms with E-state index >= 15 is 0 Å². The summed E-state index contributed by atoms with van der Waals surface area (Å²) in [6.07, 6.45) is 1.13. The lowest BCUT2D eigenvalue weighted by molar-refractivity contribution is 0.198. The molecule has 1 saturated heterocycles. The minimum Gasteiger partial charge on any atom is -0.306 e. The van der Waals surface area contributed by atoms with Crippen molar-refractivity contribution in [2.45, 2.75) is 16.7 Å². The van der Waals surface area contributed by atoms with Gasteiger partial charge in [0, 0.05) is 12.3 Å². The monoisotopic (exact) mass is 408 g/mol. The van der Waals surface area contributed by atoms with Crippen LogP contribution in [0.3, 0.4) is 0 Å². The van der Waals surface area contributed by atoms with Gasteiger partial charge in [-0.1, -0.05) is 36.0 Å². The van der Waals surface area contributed by atoms with E-state index in [4.69, 9.17) is 4.98 Å². The Bertz CT molecular complexity index is 819. The van der Waals surface area contributed by atoms with Gasteiger partial charge >= 0.3 is 0 Å². The number of thiazole rings is 1. The SMILES string of the molecule is CN1CC[C@@H](c2ccc(F)cc2)[C@H](CSc2nc3ccccc3s2)C1.Cl. The van der Waals surface area contributed by atoms with Crippen molar-refractivity contribution in [3.63, 3.8) is 0 Å². The van der Waals surface area contributed by atoms with Gasteiger partial charge < -0.3 is 4.90 Å². The molecular weight excluding hydrogens is 387 g/mol. The Hall–Kier alpha value is -1.14. The maximum Gasteiger partial charge on any atom is 0.151 e. The fraction of sp³-hybridized carbons (Fsp3) is 0.350. The number of rotatable bonds is 4. The van der Waals surface area contributed by atoms with Crippen LogP contribution in [-0.2, 0) is 0 Å². The highest BCUT2D eigenvalue weighted by molar-refractivity contribution is 8.01. The molecule has 1 aliphatic rings. The largest absolute Gasteiger partial charge is 0.306 e. The highest BCUT2D eigenvalue weighted by atomic mass is 35.5. The maximum atomic E-state index is 13.3. The lowest BCUT2D eigenvalue weighted by atomic mass is 9.81. The molecule has 0 unspecified atom stereocenters. The Morgan fingerprint density at radius 3 is 2.73 bits per heavy atom. The maximum absolute atomic E-state index is 13.3. The van der Waals surface area contributed by atoms with Gasteiger partial charge in [0.2, 0.25) is 0 Å². The van der Waals surface area contributed by atoms with Gasteiger partial charge in [-0.3, -0.25) is 0 Å². The van der Waals surface area contributed by atoms with Crippen molar-refractivity contribution < 1.29 is 4.39 Å². The summed E-state index contributed by atoms with van der Waals surface area (Å²) in [7, 11) is 2.19. The first-order valence-electron chi connectivity index (χ1n) is 8.61. The second-order valence-electron chi connectivity index (χ2n) is 6.73. The number of halogens is 2. The Labute approximate surface area is 168 Å². The second kappa shape index (κ2) is 8.70. The molecule has 0 amide bonds. The first-order chi connectivity index (χ1) is 12.2. The Kier molecular flexibility index (Phi) is 6.56. The van der Waals surface area contributed by atoms with E-state index in [1.807, 2.05) is 30.0 Å². The van der Waals surface area contributed by atoms with Gasteiger partial charge in [0.1, 0.15) is 5.82 Å². The Morgan fingerprint density at radius 1 is 1.19 bits per heavy atom. The third-order valence-electron chi connectivity index (χ3n) is 4.93. The molecule has 0 aliphatic carbocycles. The average molecular weight is 409 g/mol. The topological polar surface area (TPSA) is 16.1 Å². The number of aromatic nitrogens is 1. The van der Waals surface area contributed by atoms with Gasteiger partial charge in [0.25, 0.3) is 0 Å². The number of thioether (sulfide) groups is 1. The number of piperidine rings is 1. The molecule has 0 spiro atoms. The summed E-state index contributed by atoms with van der Waals surface area (Å²) in [6.45, 7) is 2.18. The van der Waals surface area contributed by atoms with Gasteiger partial charge in [-0.15, -0.1) is 23.7 Å². The van der Waals surface area contributed by atoms with E-state index < -0.39 is 0 Å². The van der Waals surface area contributed by atoms with Crippen molar-refractivity contribution >= 4 is 45.7 Å². The zero-order valence-corrected chi connectivity index (χ0v) is 17.0. The fourth-order valence-corrected chi connectivity index (χ4v) is 5.89. The van der Waals surface area contributed by atoms with Crippen LogP contribution in [-0.4, -0.2) is 35.8 Å². The predicted octanol–water partition coefficient (Wildman–Crippen LogP) is 5.68. The smallest absolute Gasteiger partial charge is 0.151 e. The van der Waals surface area contributed by atoms with Crippen LogP contribution < -0.4 is 0 Å². The Morgan fingerprint density at radius 2 is 1.96 bits per heavy atom. The van der Waals surface area contributed by atoms with Crippen LogP contribution in [0.25, 0.3) is 10.2 Å². The zero-order valence-electron chi connectivity index (χ0n) is 14.6. The second-order valence-corrected chi connectivity index (χ2v) is 9.03. The summed E-state index contributed by atoms with van der Waals surface area (Å²) in [6, 6.07) is 15.4. The molecule has 2 heterocycles. The minimum atomic E-state index is -0.155. The molecular formula is C20H22ClFN2S2.